The normalized spacial score (nSPS) is 19.4. The molecule has 2 aliphatic rings. The molecule has 1 aliphatic heterocycles. The number of nitrogens with zero attached hydrogens (tertiary/aromatic N) is 1. The van der Waals surface area contributed by atoms with Crippen molar-refractivity contribution in [3.05, 3.63) is 51.2 Å². The number of nitrogens with one attached hydrogen (secondary N) is 2. The van der Waals surface area contributed by atoms with Crippen LogP contribution in [0.2, 0.25) is 0 Å². The van der Waals surface area contributed by atoms with Crippen molar-refractivity contribution in [3.63, 3.8) is 0 Å². The van der Waals surface area contributed by atoms with E-state index < -0.39 is 0 Å². The molecule has 0 radical (unpaired) electrons. The highest BCUT2D eigenvalue weighted by atomic mass is 79.9. The summed E-state index contributed by atoms with van der Waals surface area (Å²) in [6.45, 7) is 2.30. The van der Waals surface area contributed by atoms with Gasteiger partial charge in [0.2, 0.25) is 5.69 Å². The van der Waals surface area contributed by atoms with Gasteiger partial charge in [-0.1, -0.05) is 34.1 Å². The van der Waals surface area contributed by atoms with Crippen molar-refractivity contribution in [1.29, 1.82) is 0 Å². The van der Waals surface area contributed by atoms with Crippen LogP contribution in [0.25, 0.3) is 33.2 Å². The fourth-order valence-electron chi connectivity index (χ4n) is 4.57. The molecule has 1 fully saturated rings. The van der Waals surface area contributed by atoms with Crippen molar-refractivity contribution in [2.45, 2.75) is 25.3 Å². The van der Waals surface area contributed by atoms with Crippen LogP contribution in [0.15, 0.2) is 45.7 Å². The second-order valence-electron chi connectivity index (χ2n) is 7.62. The molecule has 4 N–H and O–H groups in total. The predicted molar refractivity (Wildman–Crippen MR) is 110 cm³/mol. The Balaban J connectivity index is 0.000001000. The number of rotatable bonds is 1. The summed E-state index contributed by atoms with van der Waals surface area (Å²) in [6.07, 6.45) is 3.26. The Labute approximate surface area is 190 Å². The minimum Gasteiger partial charge on any atom is -1.00 e. The monoisotopic (exact) mass is 499 g/mol. The van der Waals surface area contributed by atoms with E-state index in [0.717, 1.165) is 52.3 Å². The standard InChI is InChI=1S/C21H20BrN3O.2ClH.H2O/c1-24-10-3-4-14(9-11-24)25-21(26)17-6-2-5-16-15-8-7-13(22)12-18(15)20(23-25)19(16)17;;;/h2,5-8,12,14H,3-4,9-11H2,1H3;2*1H;1H2. The molecule has 2 heterocycles. The number of halogens is 3. The molecule has 8 heteroatoms. The van der Waals surface area contributed by atoms with Gasteiger partial charge in [-0.05, 0) is 42.2 Å². The molecule has 5 rings (SSSR count). The molecule has 3 aromatic rings. The lowest BCUT2D eigenvalue weighted by atomic mass is 10.0. The Kier molecular flexibility index (Phi) is 7.52. The summed E-state index contributed by atoms with van der Waals surface area (Å²) in [5.74, 6) is 0. The molecule has 156 valence electrons. The Morgan fingerprint density at radius 2 is 1.86 bits per heavy atom. The lowest BCUT2D eigenvalue weighted by molar-refractivity contribution is -0.878. The summed E-state index contributed by atoms with van der Waals surface area (Å²) < 4.78 is 2.97. The number of benzene rings is 2. The maximum Gasteiger partial charge on any atom is 0.309 e. The summed E-state index contributed by atoms with van der Waals surface area (Å²) in [7, 11) is 2.24. The van der Waals surface area contributed by atoms with Crippen molar-refractivity contribution in [1.82, 2.24) is 4.68 Å². The van der Waals surface area contributed by atoms with Gasteiger partial charge in [-0.15, -0.1) is 9.78 Å². The summed E-state index contributed by atoms with van der Waals surface area (Å²) in [5, 5.41) is 5.42. The molecule has 5 nitrogen and oxygen atoms in total. The third kappa shape index (κ3) is 3.84. The first kappa shape index (κ1) is 23.8. The molecule has 0 bridgehead atoms. The van der Waals surface area contributed by atoms with Gasteiger partial charge < -0.3 is 35.2 Å². The van der Waals surface area contributed by atoms with Crippen LogP contribution in [0.1, 0.15) is 25.3 Å². The zero-order valence-corrected chi connectivity index (χ0v) is 19.2. The summed E-state index contributed by atoms with van der Waals surface area (Å²) in [5.41, 5.74) is 4.73. The first-order valence-electron chi connectivity index (χ1n) is 9.35. The maximum absolute atomic E-state index is 13.3. The Bertz CT molecular complexity index is 1100. The van der Waals surface area contributed by atoms with Crippen molar-refractivity contribution >= 4 is 26.7 Å². The van der Waals surface area contributed by atoms with Gasteiger partial charge in [0.1, 0.15) is 0 Å². The predicted octanol–water partition coefficient (Wildman–Crippen LogP) is -4.35. The van der Waals surface area contributed by atoms with Gasteiger partial charge in [-0.2, -0.15) is 0 Å². The number of H-pyrrole nitrogens is 1. The van der Waals surface area contributed by atoms with Crippen LogP contribution >= 0.6 is 15.9 Å². The molecular weight excluding hydrogens is 477 g/mol. The van der Waals surface area contributed by atoms with E-state index in [2.05, 4.69) is 52.3 Å². The Morgan fingerprint density at radius 3 is 2.66 bits per heavy atom. The Morgan fingerprint density at radius 1 is 1.07 bits per heavy atom. The van der Waals surface area contributed by atoms with E-state index >= 15 is 0 Å². The van der Waals surface area contributed by atoms with Crippen molar-refractivity contribution in [2.24, 2.45) is 0 Å². The van der Waals surface area contributed by atoms with E-state index in [4.69, 9.17) is 0 Å². The van der Waals surface area contributed by atoms with Gasteiger partial charge in [-0.3, -0.25) is 4.79 Å². The van der Waals surface area contributed by atoms with Crippen molar-refractivity contribution in [2.75, 3.05) is 20.1 Å². The average Bonchev–Trinajstić information content (AvgIpc) is 2.79. The van der Waals surface area contributed by atoms with Crippen molar-refractivity contribution in [3.8, 4) is 22.4 Å². The molecule has 1 aromatic heterocycles. The van der Waals surface area contributed by atoms with Crippen molar-refractivity contribution < 1.29 is 40.3 Å². The highest BCUT2D eigenvalue weighted by Gasteiger charge is 2.32. The average molecular weight is 501 g/mol. The maximum atomic E-state index is 13.3. The molecule has 29 heavy (non-hydrogen) atoms. The first-order chi connectivity index (χ1) is 12.6. The zero-order valence-electron chi connectivity index (χ0n) is 16.1. The number of likely N-dealkylation sites (tertiary alicyclic amines) is 1. The fraction of sp³-hybridized carbons (Fsp3) is 0.333. The number of hydrogen-bond acceptors (Lipinski definition) is 1. The number of fused-ring (bicyclic) bond motifs is 3. The second kappa shape index (κ2) is 9.14. The van der Waals surface area contributed by atoms with E-state index in [1.54, 1.807) is 4.90 Å². The van der Waals surface area contributed by atoms with Crippen LogP contribution in [0.4, 0.5) is 0 Å². The van der Waals surface area contributed by atoms with Crippen LogP contribution in [0.3, 0.4) is 0 Å². The highest BCUT2D eigenvalue weighted by molar-refractivity contribution is 9.10. The Hall–Kier alpha value is -1.44. The molecular formula is C21H24BrCl2N3O2. The van der Waals surface area contributed by atoms with Crippen LogP contribution in [-0.2, 0) is 0 Å². The van der Waals surface area contributed by atoms with Gasteiger partial charge in [0.15, 0.2) is 0 Å². The number of quaternary nitrogens is 1. The van der Waals surface area contributed by atoms with E-state index in [9.17, 15) is 4.79 Å². The minimum atomic E-state index is 0. The molecule has 0 spiro atoms. The SMILES string of the molecule is C[NH+]1CCCC(n2[nH+]c3c4c(cccc4c2=O)-c2ccc(Br)cc2-3)CC1.O.[Cl-].[Cl-]. The molecule has 0 saturated carbocycles. The smallest absolute Gasteiger partial charge is 0.309 e. The molecule has 2 atom stereocenters. The molecule has 2 aromatic carbocycles. The quantitative estimate of drug-likeness (QED) is 0.282. The van der Waals surface area contributed by atoms with E-state index in [-0.39, 0.29) is 41.9 Å². The van der Waals surface area contributed by atoms with Crippen LogP contribution < -0.4 is 40.4 Å². The summed E-state index contributed by atoms with van der Waals surface area (Å²) in [6, 6.07) is 12.7. The van der Waals surface area contributed by atoms with E-state index in [1.165, 1.54) is 17.7 Å². The topological polar surface area (TPSA) is 72.1 Å². The molecule has 1 aliphatic carbocycles. The van der Waals surface area contributed by atoms with Gasteiger partial charge in [0.25, 0.3) is 0 Å². The van der Waals surface area contributed by atoms with E-state index in [0.29, 0.717) is 0 Å². The fourth-order valence-corrected chi connectivity index (χ4v) is 4.93. The third-order valence-corrected chi connectivity index (χ3v) is 6.44. The summed E-state index contributed by atoms with van der Waals surface area (Å²) in [4.78, 5) is 14.8. The van der Waals surface area contributed by atoms with Gasteiger partial charge >= 0.3 is 5.56 Å². The zero-order chi connectivity index (χ0) is 17.8. The van der Waals surface area contributed by atoms with Gasteiger partial charge in [0, 0.05) is 10.9 Å². The van der Waals surface area contributed by atoms with E-state index in [1.807, 2.05) is 16.8 Å². The number of aromatic amines is 1. The largest absolute Gasteiger partial charge is 1.00 e. The number of hydrogen-bond donors (Lipinski definition) is 1. The van der Waals surface area contributed by atoms with Crippen LogP contribution in [-0.4, -0.2) is 30.3 Å². The summed E-state index contributed by atoms with van der Waals surface area (Å²) >= 11 is 3.60. The second-order valence-corrected chi connectivity index (χ2v) is 8.54. The number of aromatic nitrogens is 2. The molecule has 1 saturated heterocycles. The van der Waals surface area contributed by atoms with Gasteiger partial charge in [0.05, 0.1) is 42.5 Å². The lowest BCUT2D eigenvalue weighted by Gasteiger charge is -2.13. The first-order valence-corrected chi connectivity index (χ1v) is 10.1. The third-order valence-electron chi connectivity index (χ3n) is 5.95. The van der Waals surface area contributed by atoms with Crippen LogP contribution in [0.5, 0.6) is 0 Å². The van der Waals surface area contributed by atoms with Gasteiger partial charge in [-0.25, -0.2) is 0 Å². The minimum absolute atomic E-state index is 0. The molecule has 0 amide bonds. The highest BCUT2D eigenvalue weighted by Crippen LogP contribution is 2.45. The van der Waals surface area contributed by atoms with Crippen LogP contribution in [0, 0.1) is 0 Å². The molecule has 2 unspecified atom stereocenters. The lowest BCUT2D eigenvalue weighted by Crippen LogP contribution is -3.08.